The Hall–Kier alpha value is -1.55. The summed E-state index contributed by atoms with van der Waals surface area (Å²) < 4.78 is 15.2. The minimum atomic E-state index is -0.558. The first-order valence-corrected chi connectivity index (χ1v) is 8.45. The Labute approximate surface area is 139 Å². The third-order valence-electron chi connectivity index (χ3n) is 4.76. The summed E-state index contributed by atoms with van der Waals surface area (Å²) in [5, 5.41) is 0. The monoisotopic (exact) mass is 340 g/mol. The molecule has 0 aromatic carbocycles. The Bertz CT molecular complexity index is 534. The lowest BCUT2D eigenvalue weighted by molar-refractivity contribution is -0.778. The van der Waals surface area contributed by atoms with Crippen molar-refractivity contribution in [3.05, 3.63) is 0 Å². The molecule has 0 spiro atoms. The van der Waals surface area contributed by atoms with Gasteiger partial charge in [-0.1, -0.05) is 6.92 Å². The number of nitrogens with zero attached hydrogens (tertiary/aromatic N) is 3. The van der Waals surface area contributed by atoms with Gasteiger partial charge in [0.1, 0.15) is 12.6 Å². The first-order valence-electron chi connectivity index (χ1n) is 8.45. The zero-order valence-electron chi connectivity index (χ0n) is 13.7. The number of quaternary nitrogens is 1. The average molecular weight is 340 g/mol. The lowest BCUT2D eigenvalue weighted by Gasteiger charge is -2.43. The lowest BCUT2D eigenvalue weighted by atomic mass is 10.2. The molecule has 0 aromatic heterocycles. The van der Waals surface area contributed by atoms with Crippen molar-refractivity contribution in [3.8, 4) is 0 Å². The molecular formula is C15H22N3O6+. The van der Waals surface area contributed by atoms with E-state index in [9.17, 15) is 14.4 Å². The van der Waals surface area contributed by atoms with Crippen LogP contribution in [0.4, 0.5) is 14.4 Å². The predicted molar refractivity (Wildman–Crippen MR) is 79.1 cm³/mol. The van der Waals surface area contributed by atoms with Gasteiger partial charge in [0.2, 0.25) is 0 Å². The number of urea groups is 3. The van der Waals surface area contributed by atoms with E-state index >= 15 is 0 Å². The lowest BCUT2D eigenvalue weighted by Crippen LogP contribution is -2.74. The molecule has 9 heteroatoms. The second kappa shape index (κ2) is 5.76. The first-order chi connectivity index (χ1) is 11.5. The van der Waals surface area contributed by atoms with Crippen molar-refractivity contribution in [2.24, 2.45) is 0 Å². The third-order valence-corrected chi connectivity index (χ3v) is 4.76. The highest BCUT2D eigenvalue weighted by Crippen LogP contribution is 2.30. The molecule has 24 heavy (non-hydrogen) atoms. The van der Waals surface area contributed by atoms with Crippen molar-refractivity contribution < 1.29 is 33.1 Å². The van der Waals surface area contributed by atoms with Crippen molar-refractivity contribution >= 4 is 18.1 Å². The van der Waals surface area contributed by atoms with Crippen LogP contribution < -0.4 is 0 Å². The van der Waals surface area contributed by atoms with Gasteiger partial charge in [-0.25, -0.2) is 24.2 Å². The highest BCUT2D eigenvalue weighted by molar-refractivity contribution is 6.06. The topological polar surface area (TPSA) is 95.3 Å². The largest absolute Gasteiger partial charge is 0.436 e. The van der Waals surface area contributed by atoms with E-state index in [1.165, 1.54) is 9.80 Å². The number of hydrogen-bond acceptors (Lipinski definition) is 6. The van der Waals surface area contributed by atoms with Crippen molar-refractivity contribution in [2.45, 2.75) is 31.7 Å². The van der Waals surface area contributed by atoms with Crippen molar-refractivity contribution in [2.75, 3.05) is 46.0 Å². The van der Waals surface area contributed by atoms with Crippen LogP contribution in [0.25, 0.3) is 0 Å². The molecule has 0 aromatic rings. The number of amides is 6. The van der Waals surface area contributed by atoms with Crippen molar-refractivity contribution in [1.29, 1.82) is 0 Å². The number of ether oxygens (including phenoxy) is 3. The molecule has 4 saturated heterocycles. The van der Waals surface area contributed by atoms with Gasteiger partial charge in [0.05, 0.1) is 51.7 Å². The van der Waals surface area contributed by atoms with E-state index in [0.717, 1.165) is 0 Å². The van der Waals surface area contributed by atoms with E-state index in [-0.39, 0.29) is 42.4 Å². The van der Waals surface area contributed by atoms with Crippen LogP contribution in [0.15, 0.2) is 0 Å². The Morgan fingerprint density at radius 2 is 1.38 bits per heavy atom. The molecule has 3 atom stereocenters. The van der Waals surface area contributed by atoms with Crippen LogP contribution in [-0.2, 0) is 14.2 Å². The maximum atomic E-state index is 13.1. The normalized spacial score (nSPS) is 37.9. The molecule has 4 aliphatic rings. The van der Waals surface area contributed by atoms with E-state index in [1.807, 2.05) is 6.92 Å². The van der Waals surface area contributed by atoms with Crippen LogP contribution in [0.2, 0.25) is 0 Å². The summed E-state index contributed by atoms with van der Waals surface area (Å²) in [5.41, 5.74) is 0. The van der Waals surface area contributed by atoms with Gasteiger partial charge in [0, 0.05) is 0 Å². The summed E-state index contributed by atoms with van der Waals surface area (Å²) in [4.78, 5) is 41.3. The predicted octanol–water partition coefficient (Wildman–Crippen LogP) is 0.387. The van der Waals surface area contributed by atoms with Crippen LogP contribution in [-0.4, -0.2) is 96.7 Å². The average Bonchev–Trinajstić information content (AvgIpc) is 3.40. The third kappa shape index (κ3) is 2.81. The van der Waals surface area contributed by atoms with Gasteiger partial charge in [-0.15, -0.1) is 0 Å². The quantitative estimate of drug-likeness (QED) is 0.468. The fraction of sp³-hybridized carbons (Fsp3) is 0.800. The molecule has 4 rings (SSSR count). The van der Waals surface area contributed by atoms with Crippen molar-refractivity contribution in [1.82, 2.24) is 9.80 Å². The smallest absolute Gasteiger partial charge is 0.371 e. The second-order valence-corrected chi connectivity index (χ2v) is 6.81. The molecule has 132 valence electrons. The number of hydrogen-bond donors (Lipinski definition) is 0. The fourth-order valence-electron chi connectivity index (χ4n) is 3.26. The SMILES string of the molecule is CCC[N+]1(CC2CO2)C(=O)N(CC2CO2)C(=O)N(CC2CO2)C1=O. The van der Waals surface area contributed by atoms with Gasteiger partial charge in [0.15, 0.2) is 0 Å². The van der Waals surface area contributed by atoms with Gasteiger partial charge in [-0.05, 0) is 6.42 Å². The number of carbonyl (C=O) groups is 3. The van der Waals surface area contributed by atoms with E-state index in [4.69, 9.17) is 14.2 Å². The molecule has 4 fully saturated rings. The van der Waals surface area contributed by atoms with E-state index in [2.05, 4.69) is 0 Å². The Morgan fingerprint density at radius 1 is 0.917 bits per heavy atom. The zero-order chi connectivity index (χ0) is 16.9. The minimum absolute atomic E-state index is 0.101. The van der Waals surface area contributed by atoms with Crippen LogP contribution in [0.1, 0.15) is 13.3 Å². The maximum Gasteiger partial charge on any atom is 0.436 e. The van der Waals surface area contributed by atoms with Crippen LogP contribution in [0.5, 0.6) is 0 Å². The van der Waals surface area contributed by atoms with Gasteiger partial charge >= 0.3 is 18.1 Å². The Balaban J connectivity index is 1.66. The Morgan fingerprint density at radius 3 is 1.75 bits per heavy atom. The molecule has 4 heterocycles. The molecule has 0 N–H and O–H groups in total. The summed E-state index contributed by atoms with van der Waals surface area (Å²) in [7, 11) is 0. The second-order valence-electron chi connectivity index (χ2n) is 6.81. The van der Waals surface area contributed by atoms with Crippen molar-refractivity contribution in [3.63, 3.8) is 0 Å². The number of carbonyl (C=O) groups excluding carboxylic acids is 3. The Kier molecular flexibility index (Phi) is 3.83. The molecule has 0 radical (unpaired) electrons. The van der Waals surface area contributed by atoms with Gasteiger partial charge in [-0.3, -0.25) is 0 Å². The van der Waals surface area contributed by atoms with Gasteiger partial charge < -0.3 is 14.2 Å². The summed E-state index contributed by atoms with van der Waals surface area (Å²) in [6, 6.07) is -1.46. The fourth-order valence-corrected chi connectivity index (χ4v) is 3.26. The van der Waals surface area contributed by atoms with Gasteiger partial charge in [-0.2, -0.15) is 4.48 Å². The zero-order valence-corrected chi connectivity index (χ0v) is 13.7. The molecule has 0 aliphatic carbocycles. The van der Waals surface area contributed by atoms with E-state index < -0.39 is 18.1 Å². The summed E-state index contributed by atoms with van der Waals surface area (Å²) in [5.74, 6) is 0. The molecule has 3 unspecified atom stereocenters. The van der Waals surface area contributed by atoms with Crippen LogP contribution in [0.3, 0.4) is 0 Å². The molecule has 6 amide bonds. The molecular weight excluding hydrogens is 318 g/mol. The standard InChI is InChI=1S/C15H22N3O6/c1-2-3-18(6-12-9-24-12)14(20)16(4-10-7-22-10)13(19)17(15(18)21)5-11-8-23-11/h10-12H,2-9H2,1H3/q+1. The van der Waals surface area contributed by atoms with Crippen LogP contribution in [0, 0.1) is 0 Å². The van der Waals surface area contributed by atoms with E-state index in [0.29, 0.717) is 32.8 Å². The molecule has 4 aliphatic heterocycles. The number of epoxide rings is 3. The maximum absolute atomic E-state index is 13.1. The van der Waals surface area contributed by atoms with E-state index in [1.54, 1.807) is 0 Å². The highest BCUT2D eigenvalue weighted by Gasteiger charge is 2.61. The molecule has 9 nitrogen and oxygen atoms in total. The summed E-state index contributed by atoms with van der Waals surface area (Å²) >= 11 is 0. The number of rotatable bonds is 8. The minimum Gasteiger partial charge on any atom is -0.371 e. The number of imide groups is 3. The van der Waals surface area contributed by atoms with Gasteiger partial charge in [0.25, 0.3) is 0 Å². The highest BCUT2D eigenvalue weighted by atomic mass is 16.6. The first kappa shape index (κ1) is 15.9. The molecule has 0 bridgehead atoms. The summed E-state index contributed by atoms with van der Waals surface area (Å²) in [6.07, 6.45) is 0.312. The molecule has 0 saturated carbocycles. The summed E-state index contributed by atoms with van der Waals surface area (Å²) in [6.45, 7) is 4.58. The van der Waals surface area contributed by atoms with Crippen LogP contribution >= 0.6 is 0 Å².